The Labute approximate surface area is 125 Å². The molecule has 0 saturated carbocycles. The lowest BCUT2D eigenvalue weighted by Crippen LogP contribution is -1.94. The van der Waals surface area contributed by atoms with Gasteiger partial charge in [-0.05, 0) is 42.8 Å². The van der Waals surface area contributed by atoms with Crippen LogP contribution in [0.25, 0.3) is 11.1 Å². The van der Waals surface area contributed by atoms with Crippen molar-refractivity contribution in [3.8, 4) is 11.1 Å². The average molecular weight is 274 g/mol. The third kappa shape index (κ3) is 3.06. The van der Waals surface area contributed by atoms with Crippen molar-refractivity contribution >= 4 is 17.1 Å². The van der Waals surface area contributed by atoms with Gasteiger partial charge in [0.15, 0.2) is 0 Å². The summed E-state index contributed by atoms with van der Waals surface area (Å²) in [6.45, 7) is 2.09. The third-order valence-corrected chi connectivity index (χ3v) is 3.44. The summed E-state index contributed by atoms with van der Waals surface area (Å²) < 4.78 is 0. The van der Waals surface area contributed by atoms with E-state index in [1.54, 1.807) is 0 Å². The van der Waals surface area contributed by atoms with Crippen molar-refractivity contribution in [2.75, 3.05) is 11.1 Å². The molecule has 3 aromatic rings. The maximum Gasteiger partial charge on any atom is 0.0395 e. The van der Waals surface area contributed by atoms with Crippen LogP contribution in [0.3, 0.4) is 0 Å². The molecule has 0 radical (unpaired) electrons. The van der Waals surface area contributed by atoms with E-state index < -0.39 is 0 Å². The van der Waals surface area contributed by atoms with Crippen molar-refractivity contribution in [3.63, 3.8) is 0 Å². The molecule has 21 heavy (non-hydrogen) atoms. The number of nitrogen functional groups attached to an aromatic ring is 1. The van der Waals surface area contributed by atoms with Crippen molar-refractivity contribution in [3.05, 3.63) is 78.4 Å². The normalized spacial score (nSPS) is 10.3. The lowest BCUT2D eigenvalue weighted by atomic mass is 10.0. The van der Waals surface area contributed by atoms with E-state index >= 15 is 0 Å². The molecule has 0 spiro atoms. The average Bonchev–Trinajstić information content (AvgIpc) is 2.50. The molecule has 3 N–H and O–H groups in total. The standard InChI is InChI=1S/C19H18N2/c1-14-6-5-7-15(12-14)18-13-17(10-11-19(18)20)21-16-8-3-2-4-9-16/h2-13,21H,20H2,1H3. The number of rotatable bonds is 3. The van der Waals surface area contributed by atoms with Crippen molar-refractivity contribution in [1.29, 1.82) is 0 Å². The monoisotopic (exact) mass is 274 g/mol. The number of nitrogens with one attached hydrogen (secondary N) is 1. The number of hydrogen-bond donors (Lipinski definition) is 2. The summed E-state index contributed by atoms with van der Waals surface area (Å²) in [7, 11) is 0. The first kappa shape index (κ1) is 13.3. The molecular formula is C19H18N2. The minimum absolute atomic E-state index is 0.791. The predicted molar refractivity (Wildman–Crippen MR) is 90.8 cm³/mol. The molecule has 0 amide bonds. The third-order valence-electron chi connectivity index (χ3n) is 3.44. The van der Waals surface area contributed by atoms with Crippen LogP contribution >= 0.6 is 0 Å². The van der Waals surface area contributed by atoms with E-state index in [0.29, 0.717) is 0 Å². The first-order valence-corrected chi connectivity index (χ1v) is 7.01. The summed E-state index contributed by atoms with van der Waals surface area (Å²) >= 11 is 0. The van der Waals surface area contributed by atoms with Gasteiger partial charge >= 0.3 is 0 Å². The van der Waals surface area contributed by atoms with Gasteiger partial charge in [-0.1, -0.05) is 48.0 Å². The van der Waals surface area contributed by atoms with Crippen molar-refractivity contribution in [2.45, 2.75) is 6.92 Å². The lowest BCUT2D eigenvalue weighted by Gasteiger charge is -2.11. The maximum atomic E-state index is 6.14. The van der Waals surface area contributed by atoms with Gasteiger partial charge in [-0.2, -0.15) is 0 Å². The fourth-order valence-electron chi connectivity index (χ4n) is 2.38. The number of nitrogens with two attached hydrogens (primary N) is 1. The molecule has 0 aromatic heterocycles. The second kappa shape index (κ2) is 5.71. The summed E-state index contributed by atoms with van der Waals surface area (Å²) in [6, 6.07) is 24.6. The van der Waals surface area contributed by atoms with Gasteiger partial charge in [0.1, 0.15) is 0 Å². The van der Waals surface area contributed by atoms with Crippen LogP contribution in [0.1, 0.15) is 5.56 Å². The van der Waals surface area contributed by atoms with E-state index in [0.717, 1.165) is 28.2 Å². The molecule has 0 bridgehead atoms. The van der Waals surface area contributed by atoms with Crippen LogP contribution in [0.15, 0.2) is 72.8 Å². The lowest BCUT2D eigenvalue weighted by molar-refractivity contribution is 1.46. The number of para-hydroxylation sites is 1. The molecule has 2 nitrogen and oxygen atoms in total. The predicted octanol–water partition coefficient (Wildman–Crippen LogP) is 4.99. The number of hydrogen-bond acceptors (Lipinski definition) is 2. The van der Waals surface area contributed by atoms with Crippen LogP contribution in [0.4, 0.5) is 17.1 Å². The highest BCUT2D eigenvalue weighted by Crippen LogP contribution is 2.30. The van der Waals surface area contributed by atoms with Crippen LogP contribution in [0.5, 0.6) is 0 Å². The van der Waals surface area contributed by atoms with Crippen LogP contribution < -0.4 is 11.1 Å². The second-order valence-electron chi connectivity index (χ2n) is 5.16. The van der Waals surface area contributed by atoms with Gasteiger partial charge in [0.2, 0.25) is 0 Å². The molecule has 2 heteroatoms. The second-order valence-corrected chi connectivity index (χ2v) is 5.16. The Hall–Kier alpha value is -2.74. The van der Waals surface area contributed by atoms with Gasteiger partial charge in [0.05, 0.1) is 0 Å². The highest BCUT2D eigenvalue weighted by Gasteiger charge is 2.05. The molecule has 0 atom stereocenters. The van der Waals surface area contributed by atoms with Crippen LogP contribution in [-0.2, 0) is 0 Å². The van der Waals surface area contributed by atoms with Crippen LogP contribution in [-0.4, -0.2) is 0 Å². The molecule has 0 fully saturated rings. The summed E-state index contributed by atoms with van der Waals surface area (Å²) in [5.74, 6) is 0. The number of benzene rings is 3. The van der Waals surface area contributed by atoms with Gasteiger partial charge in [-0.15, -0.1) is 0 Å². The summed E-state index contributed by atoms with van der Waals surface area (Å²) in [4.78, 5) is 0. The molecule has 0 aliphatic heterocycles. The molecule has 0 aliphatic rings. The van der Waals surface area contributed by atoms with Gasteiger partial charge in [0, 0.05) is 22.6 Å². The Morgan fingerprint density at radius 2 is 1.57 bits per heavy atom. The smallest absolute Gasteiger partial charge is 0.0395 e. The first-order valence-electron chi connectivity index (χ1n) is 7.01. The van der Waals surface area contributed by atoms with Crippen LogP contribution in [0, 0.1) is 6.92 Å². The molecule has 3 aromatic carbocycles. The van der Waals surface area contributed by atoms with E-state index in [2.05, 4.69) is 42.6 Å². The minimum Gasteiger partial charge on any atom is -0.398 e. The van der Waals surface area contributed by atoms with Crippen molar-refractivity contribution in [2.24, 2.45) is 0 Å². The molecule has 0 unspecified atom stereocenters. The largest absolute Gasteiger partial charge is 0.398 e. The van der Waals surface area contributed by atoms with E-state index in [1.807, 2.05) is 42.5 Å². The molecule has 0 aliphatic carbocycles. The van der Waals surface area contributed by atoms with E-state index in [4.69, 9.17) is 5.73 Å². The maximum absolute atomic E-state index is 6.14. The van der Waals surface area contributed by atoms with E-state index in [9.17, 15) is 0 Å². The Kier molecular flexibility index (Phi) is 3.61. The zero-order chi connectivity index (χ0) is 14.7. The highest BCUT2D eigenvalue weighted by molar-refractivity contribution is 5.81. The summed E-state index contributed by atoms with van der Waals surface area (Å²) in [5, 5.41) is 3.40. The van der Waals surface area contributed by atoms with E-state index in [-0.39, 0.29) is 0 Å². The topological polar surface area (TPSA) is 38.0 Å². The Balaban J connectivity index is 1.97. The molecule has 0 saturated heterocycles. The Morgan fingerprint density at radius 1 is 0.762 bits per heavy atom. The molecule has 0 heterocycles. The van der Waals surface area contributed by atoms with Gasteiger partial charge < -0.3 is 11.1 Å². The van der Waals surface area contributed by atoms with Crippen molar-refractivity contribution in [1.82, 2.24) is 0 Å². The Bertz CT molecular complexity index is 749. The zero-order valence-electron chi connectivity index (χ0n) is 12.0. The number of anilines is 3. The summed E-state index contributed by atoms with van der Waals surface area (Å²) in [6.07, 6.45) is 0. The fraction of sp³-hybridized carbons (Fsp3) is 0.0526. The highest BCUT2D eigenvalue weighted by atomic mass is 14.9. The first-order chi connectivity index (χ1) is 10.2. The Morgan fingerprint density at radius 3 is 2.33 bits per heavy atom. The molecular weight excluding hydrogens is 256 g/mol. The van der Waals surface area contributed by atoms with Gasteiger partial charge in [-0.25, -0.2) is 0 Å². The number of aryl methyl sites for hydroxylation is 1. The van der Waals surface area contributed by atoms with Crippen molar-refractivity contribution < 1.29 is 0 Å². The zero-order valence-corrected chi connectivity index (χ0v) is 12.0. The van der Waals surface area contributed by atoms with E-state index in [1.165, 1.54) is 5.56 Å². The van der Waals surface area contributed by atoms with Crippen LogP contribution in [0.2, 0.25) is 0 Å². The quantitative estimate of drug-likeness (QED) is 0.660. The minimum atomic E-state index is 0.791. The molecule has 3 rings (SSSR count). The fourth-order valence-corrected chi connectivity index (χ4v) is 2.38. The molecule has 104 valence electrons. The van der Waals surface area contributed by atoms with Gasteiger partial charge in [-0.3, -0.25) is 0 Å². The SMILES string of the molecule is Cc1cccc(-c2cc(Nc3ccccc3)ccc2N)c1. The van der Waals surface area contributed by atoms with Gasteiger partial charge in [0.25, 0.3) is 0 Å². The summed E-state index contributed by atoms with van der Waals surface area (Å²) in [5.41, 5.74) is 12.5.